The van der Waals surface area contributed by atoms with Gasteiger partial charge in [-0.3, -0.25) is 24.0 Å². The van der Waals surface area contributed by atoms with E-state index in [2.05, 4.69) is 0 Å². The number of carbonyl (C=O) groups is 5. The fraction of sp³-hybridized carbons (Fsp3) is 0.469. The number of Topliss-reactive ketones (excluding diaryl/α,β-unsaturated/α-hetero) is 5. The number of rotatable bonds is 3. The van der Waals surface area contributed by atoms with Crippen LogP contribution in [0.3, 0.4) is 0 Å². The summed E-state index contributed by atoms with van der Waals surface area (Å²) in [5, 5.41) is 22.9. The van der Waals surface area contributed by atoms with E-state index in [0.29, 0.717) is 5.56 Å². The molecule has 2 aromatic rings. The van der Waals surface area contributed by atoms with Crippen LogP contribution in [0.2, 0.25) is 0 Å². The van der Waals surface area contributed by atoms with Crippen LogP contribution in [0, 0.1) is 41.4 Å². The molecule has 6 atom stereocenters. The minimum atomic E-state index is -2.69. The fourth-order valence-electron chi connectivity index (χ4n) is 8.26. The van der Waals surface area contributed by atoms with E-state index >= 15 is 0 Å². The highest BCUT2D eigenvalue weighted by atomic mass is 16.3. The van der Waals surface area contributed by atoms with E-state index in [1.54, 1.807) is 33.8 Å². The molecule has 3 aliphatic rings. The molecule has 5 rings (SSSR count). The van der Waals surface area contributed by atoms with Crippen LogP contribution in [0.4, 0.5) is 0 Å². The van der Waals surface area contributed by atoms with Gasteiger partial charge in [-0.1, -0.05) is 58.0 Å². The van der Waals surface area contributed by atoms with E-state index in [1.165, 1.54) is 6.07 Å². The Morgan fingerprint density at radius 3 is 2.21 bits per heavy atom. The second kappa shape index (κ2) is 8.52. The highest BCUT2D eigenvalue weighted by Gasteiger charge is 2.76. The lowest BCUT2D eigenvalue weighted by atomic mass is 9.40. The molecule has 0 aliphatic heterocycles. The van der Waals surface area contributed by atoms with E-state index in [0.717, 1.165) is 23.6 Å². The second-order valence-electron chi connectivity index (χ2n) is 12.6. The third-order valence-corrected chi connectivity index (χ3v) is 9.70. The van der Waals surface area contributed by atoms with Crippen molar-refractivity contribution in [2.24, 2.45) is 34.5 Å². The van der Waals surface area contributed by atoms with Crippen LogP contribution < -0.4 is 0 Å². The number of hydrogen-bond acceptors (Lipinski definition) is 7. The van der Waals surface area contributed by atoms with Gasteiger partial charge < -0.3 is 10.2 Å². The number of benzene rings is 2. The topological polar surface area (TPSA) is 126 Å². The second-order valence-corrected chi connectivity index (χ2v) is 12.6. The Bertz CT molecular complexity index is 1490. The number of hydrogen-bond donors (Lipinski definition) is 2. The summed E-state index contributed by atoms with van der Waals surface area (Å²) in [7, 11) is 0. The fourth-order valence-corrected chi connectivity index (χ4v) is 8.26. The maximum Gasteiger partial charge on any atom is 0.190 e. The van der Waals surface area contributed by atoms with Gasteiger partial charge in [0.2, 0.25) is 0 Å². The van der Waals surface area contributed by atoms with Gasteiger partial charge in [0.05, 0.1) is 11.5 Å². The van der Waals surface area contributed by atoms with Gasteiger partial charge in [0, 0.05) is 11.3 Å². The Kier molecular flexibility index (Phi) is 5.93. The molecule has 0 heterocycles. The molecule has 0 amide bonds. The van der Waals surface area contributed by atoms with Crippen molar-refractivity contribution in [2.75, 3.05) is 0 Å². The number of phenols is 1. The molecule has 2 fully saturated rings. The molecule has 3 unspecified atom stereocenters. The summed E-state index contributed by atoms with van der Waals surface area (Å²) in [4.78, 5) is 68.3. The lowest BCUT2D eigenvalue weighted by molar-refractivity contribution is -0.205. The summed E-state index contributed by atoms with van der Waals surface area (Å²) < 4.78 is 0. The van der Waals surface area contributed by atoms with E-state index in [4.69, 9.17) is 0 Å². The molecular weight excluding hydrogens is 496 g/mol. The first kappa shape index (κ1) is 27.1. The van der Waals surface area contributed by atoms with Crippen molar-refractivity contribution in [2.45, 2.75) is 60.0 Å². The zero-order chi connectivity index (χ0) is 28.8. The zero-order valence-electron chi connectivity index (χ0n) is 23.1. The normalized spacial score (nSPS) is 34.0. The highest BCUT2D eigenvalue weighted by molar-refractivity contribution is 6.32. The summed E-state index contributed by atoms with van der Waals surface area (Å²) >= 11 is 0. The molecule has 0 spiro atoms. The van der Waals surface area contributed by atoms with Gasteiger partial charge in [-0.2, -0.15) is 0 Å². The Balaban J connectivity index is 1.76. The molecule has 7 nitrogen and oxygen atoms in total. The van der Waals surface area contributed by atoms with Gasteiger partial charge in [0.25, 0.3) is 0 Å². The number of fused-ring (bicyclic) bond motifs is 3. The standard InChI is InChI=1S/C32H34O7/c1-15(2)24-26(35)22(17(4)33)28(37)32(39)29(38)25-27(36)23-20(13-30(25,5)14-31(24,32)6)19(11-12-21(23)34)18-10-8-7-9-16(18)3/h7-12,15,22,24-25,34,39H,13-14H2,1-6H3/t22?,24?,25?,30-,31-,32+/m1/s1. The van der Waals surface area contributed by atoms with Gasteiger partial charge in [-0.15, -0.1) is 0 Å². The molecule has 0 aromatic heterocycles. The third-order valence-electron chi connectivity index (χ3n) is 9.70. The van der Waals surface area contributed by atoms with Crippen molar-refractivity contribution < 1.29 is 34.2 Å². The van der Waals surface area contributed by atoms with Gasteiger partial charge in [-0.05, 0) is 66.3 Å². The first-order valence-corrected chi connectivity index (χ1v) is 13.4. The predicted molar refractivity (Wildman–Crippen MR) is 143 cm³/mol. The lowest BCUT2D eigenvalue weighted by Gasteiger charge is -2.61. The predicted octanol–water partition coefficient (Wildman–Crippen LogP) is 4.07. The zero-order valence-corrected chi connectivity index (χ0v) is 23.1. The van der Waals surface area contributed by atoms with E-state index in [1.807, 2.05) is 31.2 Å². The van der Waals surface area contributed by atoms with E-state index in [9.17, 15) is 34.2 Å². The number of carbonyl (C=O) groups excluding carboxylic acids is 5. The van der Waals surface area contributed by atoms with Gasteiger partial charge in [0.15, 0.2) is 28.7 Å². The average Bonchev–Trinajstić information content (AvgIpc) is 2.81. The Hall–Kier alpha value is -3.45. The van der Waals surface area contributed by atoms with Crippen LogP contribution in [-0.2, 0) is 25.6 Å². The quantitative estimate of drug-likeness (QED) is 0.573. The SMILES string of the molecule is CC(=O)C1C(=O)C(C(C)C)[C@@]2(C)C[C@@]3(C)Cc4c(-c5ccccc5C)ccc(O)c4C(=O)C3C(=O)[C@@]2(O)C1=O. The Morgan fingerprint density at radius 1 is 0.974 bits per heavy atom. The lowest BCUT2D eigenvalue weighted by Crippen LogP contribution is -2.76. The molecule has 2 aromatic carbocycles. The van der Waals surface area contributed by atoms with Crippen LogP contribution in [0.15, 0.2) is 36.4 Å². The van der Waals surface area contributed by atoms with Crippen LogP contribution in [0.1, 0.15) is 62.5 Å². The van der Waals surface area contributed by atoms with Gasteiger partial charge in [0.1, 0.15) is 17.5 Å². The van der Waals surface area contributed by atoms with Gasteiger partial charge in [-0.25, -0.2) is 0 Å². The van der Waals surface area contributed by atoms with Crippen LogP contribution in [-0.4, -0.2) is 44.7 Å². The number of aryl methyl sites for hydroxylation is 1. The maximum absolute atomic E-state index is 14.3. The monoisotopic (exact) mass is 530 g/mol. The third kappa shape index (κ3) is 3.35. The molecule has 2 N–H and O–H groups in total. The molecule has 3 aliphatic carbocycles. The van der Waals surface area contributed by atoms with Crippen molar-refractivity contribution in [3.8, 4) is 16.9 Å². The highest BCUT2D eigenvalue weighted by Crippen LogP contribution is 2.64. The maximum atomic E-state index is 14.3. The molecule has 204 valence electrons. The van der Waals surface area contributed by atoms with E-state index < -0.39 is 63.1 Å². The largest absolute Gasteiger partial charge is 0.507 e. The first-order valence-electron chi connectivity index (χ1n) is 13.4. The molecule has 2 saturated carbocycles. The summed E-state index contributed by atoms with van der Waals surface area (Å²) in [5.41, 5.74) is -2.02. The Morgan fingerprint density at radius 2 is 1.62 bits per heavy atom. The summed E-state index contributed by atoms with van der Waals surface area (Å²) in [5.74, 6) is -8.85. The van der Waals surface area contributed by atoms with Crippen molar-refractivity contribution in [3.63, 3.8) is 0 Å². The van der Waals surface area contributed by atoms with Crippen molar-refractivity contribution in [1.29, 1.82) is 0 Å². The molecule has 0 saturated heterocycles. The number of ketones is 5. The summed E-state index contributed by atoms with van der Waals surface area (Å²) in [6.07, 6.45) is 0.253. The van der Waals surface area contributed by atoms with Crippen LogP contribution in [0.5, 0.6) is 5.75 Å². The van der Waals surface area contributed by atoms with Crippen molar-refractivity contribution in [1.82, 2.24) is 0 Å². The summed E-state index contributed by atoms with van der Waals surface area (Å²) in [6, 6.07) is 10.9. The number of phenolic OH excluding ortho intramolecular Hbond substituents is 1. The Labute approximate surface area is 227 Å². The van der Waals surface area contributed by atoms with Crippen LogP contribution >= 0.6 is 0 Å². The van der Waals surface area contributed by atoms with Crippen LogP contribution in [0.25, 0.3) is 11.1 Å². The molecular formula is C32H34O7. The smallest absolute Gasteiger partial charge is 0.190 e. The molecule has 7 heteroatoms. The minimum absolute atomic E-state index is 0.0154. The number of aromatic hydroxyl groups is 1. The van der Waals surface area contributed by atoms with Crippen molar-refractivity contribution in [3.05, 3.63) is 53.1 Å². The number of aliphatic hydroxyl groups is 1. The first-order chi connectivity index (χ1) is 18.1. The molecule has 0 bridgehead atoms. The van der Waals surface area contributed by atoms with E-state index in [-0.39, 0.29) is 30.1 Å². The average molecular weight is 531 g/mol. The summed E-state index contributed by atoms with van der Waals surface area (Å²) in [6.45, 7) is 9.97. The molecule has 0 radical (unpaired) electrons. The molecule has 39 heavy (non-hydrogen) atoms. The van der Waals surface area contributed by atoms with Crippen molar-refractivity contribution >= 4 is 28.9 Å². The minimum Gasteiger partial charge on any atom is -0.507 e. The van der Waals surface area contributed by atoms with Gasteiger partial charge >= 0.3 is 0 Å².